The summed E-state index contributed by atoms with van der Waals surface area (Å²) >= 11 is 0. The van der Waals surface area contributed by atoms with Crippen molar-refractivity contribution in [2.75, 3.05) is 13.1 Å². The Labute approximate surface area is 165 Å². The lowest BCUT2D eigenvalue weighted by atomic mass is 9.97. The molecule has 0 unspecified atom stereocenters. The highest BCUT2D eigenvalue weighted by Crippen LogP contribution is 2.24. The molecule has 1 amide bonds. The molecule has 0 spiro atoms. The third-order valence-corrected chi connectivity index (χ3v) is 6.76. The summed E-state index contributed by atoms with van der Waals surface area (Å²) < 4.78 is 27.0. The molecule has 2 rings (SSSR count). The normalized spacial score (nSPS) is 19.2. The number of benzene rings is 1. The maximum absolute atomic E-state index is 12.9. The molecule has 1 aromatic carbocycles. The number of rotatable bonds is 7. The second-order valence-corrected chi connectivity index (χ2v) is 9.29. The summed E-state index contributed by atoms with van der Waals surface area (Å²) in [5.41, 5.74) is 0.420. The van der Waals surface area contributed by atoms with E-state index in [-0.39, 0.29) is 29.7 Å². The molecule has 8 nitrogen and oxygen atoms in total. The highest BCUT2D eigenvalue weighted by Gasteiger charge is 2.35. The minimum atomic E-state index is -3.81. The van der Waals surface area contributed by atoms with E-state index >= 15 is 0 Å². The number of sulfonamides is 1. The minimum absolute atomic E-state index is 0.00688. The van der Waals surface area contributed by atoms with Gasteiger partial charge in [-0.15, -0.1) is 0 Å². The van der Waals surface area contributed by atoms with Gasteiger partial charge in [0.15, 0.2) is 5.78 Å². The first-order valence-electron chi connectivity index (χ1n) is 9.18. The molecule has 0 bridgehead atoms. The van der Waals surface area contributed by atoms with Crippen molar-refractivity contribution in [3.8, 4) is 0 Å². The summed E-state index contributed by atoms with van der Waals surface area (Å²) in [5.74, 6) is -2.62. The quantitative estimate of drug-likeness (QED) is 0.658. The summed E-state index contributed by atoms with van der Waals surface area (Å²) in [5, 5.41) is 11.8. The van der Waals surface area contributed by atoms with Gasteiger partial charge in [-0.2, -0.15) is 4.31 Å². The van der Waals surface area contributed by atoms with Crippen molar-refractivity contribution in [1.29, 1.82) is 0 Å². The molecule has 0 radical (unpaired) electrons. The van der Waals surface area contributed by atoms with Gasteiger partial charge in [0, 0.05) is 18.7 Å². The van der Waals surface area contributed by atoms with Gasteiger partial charge in [0.1, 0.15) is 6.04 Å². The summed E-state index contributed by atoms with van der Waals surface area (Å²) in [6.45, 7) is 5.07. The first kappa shape index (κ1) is 22.0. The lowest BCUT2D eigenvalue weighted by Crippen LogP contribution is -2.50. The molecule has 0 saturated carbocycles. The Bertz CT molecular complexity index is 848. The number of carboxylic acids is 1. The summed E-state index contributed by atoms with van der Waals surface area (Å²) in [6.07, 6.45) is 0.994. The predicted molar refractivity (Wildman–Crippen MR) is 102 cm³/mol. The second-order valence-electron chi connectivity index (χ2n) is 7.35. The monoisotopic (exact) mass is 410 g/mol. The van der Waals surface area contributed by atoms with E-state index in [0.29, 0.717) is 18.4 Å². The lowest BCUT2D eigenvalue weighted by molar-refractivity contribution is -0.144. The average Bonchev–Trinajstić information content (AvgIpc) is 2.65. The number of carbonyl (C=O) groups excluding carboxylic acids is 2. The standard InChI is InChI=1S/C19H26N2O6S/c1-12(2)17(19(24)25)20-18(23)15-5-4-10-21(11-15)28(26,27)16-8-6-14(7-9-16)13(3)22/h6-9,12,15,17H,4-5,10-11H2,1-3H3,(H,20,23)(H,24,25)/t15-,17-/m0/s1. The van der Waals surface area contributed by atoms with Gasteiger partial charge in [0.25, 0.3) is 0 Å². The molecule has 2 N–H and O–H groups in total. The van der Waals surface area contributed by atoms with Crippen molar-refractivity contribution in [3.63, 3.8) is 0 Å². The summed E-state index contributed by atoms with van der Waals surface area (Å²) in [4.78, 5) is 35.2. The Kier molecular flexibility index (Phi) is 6.95. The topological polar surface area (TPSA) is 121 Å². The zero-order valence-electron chi connectivity index (χ0n) is 16.2. The fraction of sp³-hybridized carbons (Fsp3) is 0.526. The molecule has 154 valence electrons. The Hall–Kier alpha value is -2.26. The Morgan fingerprint density at radius 2 is 1.79 bits per heavy atom. The summed E-state index contributed by atoms with van der Waals surface area (Å²) in [6, 6.07) is 4.68. The van der Waals surface area contributed by atoms with E-state index in [2.05, 4.69) is 5.32 Å². The Balaban J connectivity index is 2.14. The van der Waals surface area contributed by atoms with E-state index in [4.69, 9.17) is 0 Å². The van der Waals surface area contributed by atoms with E-state index in [0.717, 1.165) is 0 Å². The van der Waals surface area contributed by atoms with E-state index in [1.807, 2.05) is 0 Å². The number of nitrogens with zero attached hydrogens (tertiary/aromatic N) is 1. The van der Waals surface area contributed by atoms with Gasteiger partial charge < -0.3 is 10.4 Å². The first-order chi connectivity index (χ1) is 13.0. The molecule has 1 aliphatic rings. The highest BCUT2D eigenvalue weighted by molar-refractivity contribution is 7.89. The van der Waals surface area contributed by atoms with Crippen molar-refractivity contribution in [2.24, 2.45) is 11.8 Å². The predicted octanol–water partition coefficient (Wildman–Crippen LogP) is 1.52. The molecule has 1 aliphatic heterocycles. The van der Waals surface area contributed by atoms with Crippen LogP contribution < -0.4 is 5.32 Å². The number of hydrogen-bond acceptors (Lipinski definition) is 5. The van der Waals surface area contributed by atoms with Crippen LogP contribution in [0.3, 0.4) is 0 Å². The zero-order valence-corrected chi connectivity index (χ0v) is 17.0. The van der Waals surface area contributed by atoms with Crippen LogP contribution in [0.15, 0.2) is 29.2 Å². The van der Waals surface area contributed by atoms with Crippen molar-refractivity contribution >= 4 is 27.7 Å². The molecule has 2 atom stereocenters. The fourth-order valence-electron chi connectivity index (χ4n) is 3.17. The van der Waals surface area contributed by atoms with E-state index in [1.165, 1.54) is 35.5 Å². The van der Waals surface area contributed by atoms with Crippen LogP contribution in [0.5, 0.6) is 0 Å². The van der Waals surface area contributed by atoms with Crippen LogP contribution in [0.1, 0.15) is 44.0 Å². The molecule has 1 saturated heterocycles. The molecular formula is C19H26N2O6S. The maximum atomic E-state index is 12.9. The highest BCUT2D eigenvalue weighted by atomic mass is 32.2. The molecule has 0 aliphatic carbocycles. The second kappa shape index (κ2) is 8.83. The van der Waals surface area contributed by atoms with E-state index < -0.39 is 33.9 Å². The van der Waals surface area contributed by atoms with Crippen molar-refractivity contribution < 1.29 is 27.9 Å². The first-order valence-corrected chi connectivity index (χ1v) is 10.6. The third-order valence-electron chi connectivity index (χ3n) is 4.88. The van der Waals surface area contributed by atoms with Crippen LogP contribution in [0.4, 0.5) is 0 Å². The van der Waals surface area contributed by atoms with Gasteiger partial charge in [0.2, 0.25) is 15.9 Å². The summed E-state index contributed by atoms with van der Waals surface area (Å²) in [7, 11) is -3.81. The van der Waals surface area contributed by atoms with Gasteiger partial charge in [-0.3, -0.25) is 9.59 Å². The number of carboxylic acid groups (broad SMARTS) is 1. The SMILES string of the molecule is CC(=O)c1ccc(S(=O)(=O)N2CCC[C@H](C(=O)N[C@H](C(=O)O)C(C)C)C2)cc1. The number of amides is 1. The van der Waals surface area contributed by atoms with Crippen LogP contribution in [0, 0.1) is 11.8 Å². The van der Waals surface area contributed by atoms with Crippen LogP contribution >= 0.6 is 0 Å². The van der Waals surface area contributed by atoms with Crippen LogP contribution in [-0.4, -0.2) is 54.6 Å². The van der Waals surface area contributed by atoms with Crippen molar-refractivity contribution in [1.82, 2.24) is 9.62 Å². The van der Waals surface area contributed by atoms with Gasteiger partial charge in [0.05, 0.1) is 10.8 Å². The molecule has 0 aromatic heterocycles. The molecule has 1 fully saturated rings. The van der Waals surface area contributed by atoms with E-state index in [9.17, 15) is 27.9 Å². The van der Waals surface area contributed by atoms with Crippen LogP contribution in [0.25, 0.3) is 0 Å². The van der Waals surface area contributed by atoms with Crippen molar-refractivity contribution in [3.05, 3.63) is 29.8 Å². The molecule has 1 aromatic rings. The number of aliphatic carboxylic acids is 1. The number of piperidine rings is 1. The Morgan fingerprint density at radius 3 is 2.29 bits per heavy atom. The lowest BCUT2D eigenvalue weighted by Gasteiger charge is -2.32. The fourth-order valence-corrected chi connectivity index (χ4v) is 4.69. The van der Waals surface area contributed by atoms with Crippen LogP contribution in [0.2, 0.25) is 0 Å². The maximum Gasteiger partial charge on any atom is 0.326 e. The van der Waals surface area contributed by atoms with Gasteiger partial charge in [-0.05, 0) is 37.8 Å². The average molecular weight is 410 g/mol. The number of Topliss-reactive ketones (excluding diaryl/α,β-unsaturated/α-hetero) is 1. The Morgan fingerprint density at radius 1 is 1.18 bits per heavy atom. The number of nitrogens with one attached hydrogen (secondary N) is 1. The molecule has 9 heteroatoms. The third kappa shape index (κ3) is 4.96. The molecule has 1 heterocycles. The van der Waals surface area contributed by atoms with Gasteiger partial charge in [-0.25, -0.2) is 13.2 Å². The van der Waals surface area contributed by atoms with Crippen molar-refractivity contribution in [2.45, 2.75) is 44.6 Å². The number of carbonyl (C=O) groups is 3. The number of hydrogen-bond donors (Lipinski definition) is 2. The smallest absolute Gasteiger partial charge is 0.326 e. The van der Waals surface area contributed by atoms with E-state index in [1.54, 1.807) is 13.8 Å². The molecule has 28 heavy (non-hydrogen) atoms. The zero-order chi connectivity index (χ0) is 21.1. The van der Waals surface area contributed by atoms with Crippen LogP contribution in [-0.2, 0) is 19.6 Å². The molecular weight excluding hydrogens is 384 g/mol. The minimum Gasteiger partial charge on any atom is -0.480 e. The van der Waals surface area contributed by atoms with Gasteiger partial charge >= 0.3 is 5.97 Å². The van der Waals surface area contributed by atoms with Gasteiger partial charge in [-0.1, -0.05) is 26.0 Å². The largest absolute Gasteiger partial charge is 0.480 e. The number of ketones is 1.